The van der Waals surface area contributed by atoms with Crippen molar-refractivity contribution in [3.63, 3.8) is 0 Å². The molecule has 0 saturated heterocycles. The molecule has 104 valence electrons. The summed E-state index contributed by atoms with van der Waals surface area (Å²) in [6.07, 6.45) is 0.181. The molecule has 1 aromatic rings. The van der Waals surface area contributed by atoms with Crippen LogP contribution in [0.15, 0.2) is 18.2 Å². The van der Waals surface area contributed by atoms with Crippen molar-refractivity contribution >= 4 is 27.7 Å². The van der Waals surface area contributed by atoms with Gasteiger partial charge in [-0.15, -0.1) is 0 Å². The summed E-state index contributed by atoms with van der Waals surface area (Å²) in [5.74, 6) is 0.232. The van der Waals surface area contributed by atoms with Gasteiger partial charge in [0, 0.05) is 6.42 Å². The lowest BCUT2D eigenvalue weighted by molar-refractivity contribution is -0.115. The first kappa shape index (κ1) is 15.7. The standard InChI is InChI=1S/C14H17BrO4/c1-3-18-12-5-6-13(14(17)19-4-2)10(8-12)7-11(16)9-15/h5-6,8H,3-4,7,9H2,1-2H3. The zero-order chi connectivity index (χ0) is 14.3. The minimum Gasteiger partial charge on any atom is -0.494 e. The third kappa shape index (κ3) is 4.67. The van der Waals surface area contributed by atoms with Gasteiger partial charge in [0.2, 0.25) is 0 Å². The summed E-state index contributed by atoms with van der Waals surface area (Å²) >= 11 is 3.12. The number of ether oxygens (including phenoxy) is 2. The van der Waals surface area contributed by atoms with Crippen LogP contribution in [0.4, 0.5) is 0 Å². The van der Waals surface area contributed by atoms with E-state index < -0.39 is 5.97 Å². The van der Waals surface area contributed by atoms with Crippen LogP contribution in [0.3, 0.4) is 0 Å². The molecule has 1 rings (SSSR count). The van der Waals surface area contributed by atoms with Crippen LogP contribution >= 0.6 is 15.9 Å². The molecular formula is C14H17BrO4. The fraction of sp³-hybridized carbons (Fsp3) is 0.429. The number of alkyl halides is 1. The third-order valence-corrected chi connectivity index (χ3v) is 3.05. The highest BCUT2D eigenvalue weighted by Gasteiger charge is 2.15. The number of carbonyl (C=O) groups is 2. The number of carbonyl (C=O) groups excluding carboxylic acids is 2. The fourth-order valence-electron chi connectivity index (χ4n) is 1.64. The Kier molecular flexibility index (Phi) is 6.56. The molecule has 0 aliphatic carbocycles. The summed E-state index contributed by atoms with van der Waals surface area (Å²) in [7, 11) is 0. The van der Waals surface area contributed by atoms with E-state index in [1.54, 1.807) is 25.1 Å². The average molecular weight is 329 g/mol. The van der Waals surface area contributed by atoms with Gasteiger partial charge in [0.05, 0.1) is 24.1 Å². The van der Waals surface area contributed by atoms with Gasteiger partial charge in [0.15, 0.2) is 0 Å². The number of esters is 1. The molecule has 0 fully saturated rings. The van der Waals surface area contributed by atoms with Crippen molar-refractivity contribution in [1.29, 1.82) is 0 Å². The van der Waals surface area contributed by atoms with Crippen molar-refractivity contribution in [3.05, 3.63) is 29.3 Å². The van der Waals surface area contributed by atoms with Crippen LogP contribution in [0.2, 0.25) is 0 Å². The summed E-state index contributed by atoms with van der Waals surface area (Å²) in [6.45, 7) is 4.46. The zero-order valence-electron chi connectivity index (χ0n) is 11.1. The van der Waals surface area contributed by atoms with Crippen molar-refractivity contribution in [2.24, 2.45) is 0 Å². The minimum atomic E-state index is -0.414. The van der Waals surface area contributed by atoms with Gasteiger partial charge >= 0.3 is 5.97 Å². The maximum atomic E-state index is 11.8. The maximum Gasteiger partial charge on any atom is 0.338 e. The molecule has 0 heterocycles. The van der Waals surface area contributed by atoms with E-state index in [2.05, 4.69) is 15.9 Å². The Balaban J connectivity index is 3.06. The summed E-state index contributed by atoms with van der Waals surface area (Å²) in [4.78, 5) is 23.4. The van der Waals surface area contributed by atoms with Crippen LogP contribution in [-0.4, -0.2) is 30.3 Å². The number of benzene rings is 1. The summed E-state index contributed by atoms with van der Waals surface area (Å²) in [6, 6.07) is 5.06. The first-order chi connectivity index (χ1) is 9.12. The van der Waals surface area contributed by atoms with Crippen LogP contribution in [0.1, 0.15) is 29.8 Å². The van der Waals surface area contributed by atoms with Gasteiger partial charge in [0.1, 0.15) is 11.5 Å². The largest absolute Gasteiger partial charge is 0.494 e. The number of Topliss-reactive ketones (excluding diaryl/α,β-unsaturated/α-hetero) is 1. The van der Waals surface area contributed by atoms with Crippen LogP contribution in [0, 0.1) is 0 Å². The SMILES string of the molecule is CCOC(=O)c1ccc(OCC)cc1CC(=O)CBr. The normalized spacial score (nSPS) is 10.1. The quantitative estimate of drug-likeness (QED) is 0.570. The minimum absolute atomic E-state index is 0.000744. The number of hydrogen-bond donors (Lipinski definition) is 0. The van der Waals surface area contributed by atoms with Crippen molar-refractivity contribution in [2.45, 2.75) is 20.3 Å². The van der Waals surface area contributed by atoms with Crippen LogP contribution in [-0.2, 0) is 16.0 Å². The van der Waals surface area contributed by atoms with Gasteiger partial charge in [-0.25, -0.2) is 4.79 Å². The molecule has 0 aliphatic heterocycles. The zero-order valence-corrected chi connectivity index (χ0v) is 12.7. The van der Waals surface area contributed by atoms with E-state index in [9.17, 15) is 9.59 Å². The van der Waals surface area contributed by atoms with E-state index in [4.69, 9.17) is 9.47 Å². The van der Waals surface area contributed by atoms with Gasteiger partial charge in [-0.05, 0) is 37.6 Å². The lowest BCUT2D eigenvalue weighted by Crippen LogP contribution is -2.12. The Morgan fingerprint density at radius 2 is 1.95 bits per heavy atom. The van der Waals surface area contributed by atoms with Gasteiger partial charge in [-0.2, -0.15) is 0 Å². The first-order valence-electron chi connectivity index (χ1n) is 6.12. The fourth-order valence-corrected chi connectivity index (χ4v) is 1.84. The van der Waals surface area contributed by atoms with Crippen molar-refractivity contribution in [2.75, 3.05) is 18.5 Å². The highest BCUT2D eigenvalue weighted by atomic mass is 79.9. The molecule has 0 atom stereocenters. The number of ketones is 1. The van der Waals surface area contributed by atoms with E-state index in [0.29, 0.717) is 30.1 Å². The molecule has 0 spiro atoms. The van der Waals surface area contributed by atoms with E-state index in [0.717, 1.165) is 0 Å². The van der Waals surface area contributed by atoms with Crippen molar-refractivity contribution in [3.8, 4) is 5.75 Å². The maximum absolute atomic E-state index is 11.8. The van der Waals surface area contributed by atoms with E-state index in [1.807, 2.05) is 6.92 Å². The third-order valence-electron chi connectivity index (χ3n) is 2.42. The van der Waals surface area contributed by atoms with Gasteiger partial charge in [-0.3, -0.25) is 4.79 Å². The van der Waals surface area contributed by atoms with E-state index >= 15 is 0 Å². The van der Waals surface area contributed by atoms with Gasteiger partial charge in [0.25, 0.3) is 0 Å². The molecule has 1 aromatic carbocycles. The Morgan fingerprint density at radius 3 is 2.53 bits per heavy atom. The van der Waals surface area contributed by atoms with E-state index in [-0.39, 0.29) is 17.5 Å². The smallest absolute Gasteiger partial charge is 0.338 e. The lowest BCUT2D eigenvalue weighted by Gasteiger charge is -2.10. The summed E-state index contributed by atoms with van der Waals surface area (Å²) in [5, 5.41) is 0.258. The van der Waals surface area contributed by atoms with Crippen molar-refractivity contribution in [1.82, 2.24) is 0 Å². The van der Waals surface area contributed by atoms with E-state index in [1.165, 1.54) is 0 Å². The van der Waals surface area contributed by atoms with Crippen LogP contribution < -0.4 is 4.74 Å². The van der Waals surface area contributed by atoms with Crippen LogP contribution in [0.5, 0.6) is 5.75 Å². The molecule has 19 heavy (non-hydrogen) atoms. The Bertz CT molecular complexity index is 457. The highest BCUT2D eigenvalue weighted by molar-refractivity contribution is 9.09. The second-order valence-corrected chi connectivity index (χ2v) is 4.38. The Morgan fingerprint density at radius 1 is 1.21 bits per heavy atom. The Hall–Kier alpha value is -1.36. The molecule has 0 amide bonds. The molecule has 0 unspecified atom stereocenters. The predicted octanol–water partition coefficient (Wildman–Crippen LogP) is 2.77. The number of rotatable bonds is 7. The Labute approximate surface area is 121 Å². The molecule has 0 bridgehead atoms. The molecule has 5 heteroatoms. The second kappa shape index (κ2) is 7.94. The summed E-state index contributed by atoms with van der Waals surface area (Å²) < 4.78 is 10.4. The molecule has 0 N–H and O–H groups in total. The van der Waals surface area contributed by atoms with Crippen molar-refractivity contribution < 1.29 is 19.1 Å². The van der Waals surface area contributed by atoms with Crippen LogP contribution in [0.25, 0.3) is 0 Å². The average Bonchev–Trinajstić information content (AvgIpc) is 2.39. The molecule has 0 saturated carbocycles. The van der Waals surface area contributed by atoms with Gasteiger partial charge in [-0.1, -0.05) is 15.9 Å². The molecule has 4 nitrogen and oxygen atoms in total. The first-order valence-corrected chi connectivity index (χ1v) is 7.25. The topological polar surface area (TPSA) is 52.6 Å². The monoisotopic (exact) mass is 328 g/mol. The molecule has 0 radical (unpaired) electrons. The molecular weight excluding hydrogens is 312 g/mol. The van der Waals surface area contributed by atoms with Gasteiger partial charge < -0.3 is 9.47 Å². The highest BCUT2D eigenvalue weighted by Crippen LogP contribution is 2.20. The summed E-state index contributed by atoms with van der Waals surface area (Å²) in [5.41, 5.74) is 1.05. The number of hydrogen-bond acceptors (Lipinski definition) is 4. The number of halogens is 1. The molecule has 0 aromatic heterocycles. The second-order valence-electron chi connectivity index (χ2n) is 3.82. The lowest BCUT2D eigenvalue weighted by atomic mass is 10.0. The molecule has 0 aliphatic rings. The predicted molar refractivity (Wildman–Crippen MR) is 76.1 cm³/mol.